The number of nitrogens with zero attached hydrogens (tertiary/aromatic N) is 2. The van der Waals surface area contributed by atoms with E-state index in [9.17, 15) is 4.79 Å². The second-order valence-corrected chi connectivity index (χ2v) is 3.81. The van der Waals surface area contributed by atoms with E-state index in [1.807, 2.05) is 6.92 Å². The molecule has 0 aliphatic heterocycles. The zero-order chi connectivity index (χ0) is 13.8. The molecule has 0 fully saturated rings. The van der Waals surface area contributed by atoms with Crippen molar-refractivity contribution in [2.45, 2.75) is 6.92 Å². The van der Waals surface area contributed by atoms with Gasteiger partial charge in [-0.05, 0) is 24.6 Å². The van der Waals surface area contributed by atoms with E-state index in [2.05, 4.69) is 20.5 Å². The molecule has 1 amide bonds. The van der Waals surface area contributed by atoms with Crippen LogP contribution in [0, 0.1) is 6.92 Å². The Morgan fingerprint density at radius 3 is 2.58 bits per heavy atom. The molecule has 0 radical (unpaired) electrons. The monoisotopic (exact) mass is 262 g/mol. The van der Waals surface area contributed by atoms with Gasteiger partial charge in [0.1, 0.15) is 17.8 Å². The smallest absolute Gasteiger partial charge is 0.261 e. The first kappa shape index (κ1) is 12.9. The number of aryl methyl sites for hydroxylation is 1. The highest BCUT2D eigenvalue weighted by molar-refractivity contribution is 6.05. The van der Waals surface area contributed by atoms with Gasteiger partial charge in [-0.3, -0.25) is 10.1 Å². The Kier molecular flexibility index (Phi) is 3.65. The number of aromatic nitrogens is 3. The molecule has 1 aromatic heterocycles. The maximum atomic E-state index is 12.1. The minimum absolute atomic E-state index is 0.270. The Labute approximate surface area is 110 Å². The van der Waals surface area contributed by atoms with Crippen LogP contribution in [-0.2, 0) is 0 Å². The first-order valence-corrected chi connectivity index (χ1v) is 5.55. The summed E-state index contributed by atoms with van der Waals surface area (Å²) >= 11 is 0. The molecule has 7 nitrogen and oxygen atoms in total. The number of H-pyrrole nitrogens is 1. The predicted molar refractivity (Wildman–Crippen MR) is 68.6 cm³/mol. The molecule has 7 heteroatoms. The van der Waals surface area contributed by atoms with E-state index in [4.69, 9.17) is 9.47 Å². The summed E-state index contributed by atoms with van der Waals surface area (Å²) in [6.07, 6.45) is 1.31. The van der Waals surface area contributed by atoms with E-state index in [0.29, 0.717) is 17.1 Å². The van der Waals surface area contributed by atoms with Crippen LogP contribution in [0.4, 0.5) is 5.95 Å². The largest absolute Gasteiger partial charge is 0.496 e. The molecule has 100 valence electrons. The highest BCUT2D eigenvalue weighted by Crippen LogP contribution is 2.28. The normalized spacial score (nSPS) is 10.1. The molecular weight excluding hydrogens is 248 g/mol. The van der Waals surface area contributed by atoms with E-state index in [-0.39, 0.29) is 11.9 Å². The van der Waals surface area contributed by atoms with Gasteiger partial charge < -0.3 is 9.47 Å². The van der Waals surface area contributed by atoms with Crippen molar-refractivity contribution in [3.63, 3.8) is 0 Å². The zero-order valence-electron chi connectivity index (χ0n) is 10.9. The maximum Gasteiger partial charge on any atom is 0.261 e. The molecule has 2 aromatic rings. The molecule has 2 rings (SSSR count). The van der Waals surface area contributed by atoms with E-state index in [1.165, 1.54) is 13.4 Å². The number of ether oxygens (including phenoxy) is 2. The number of rotatable bonds is 4. The number of nitrogens with one attached hydrogen (secondary N) is 2. The van der Waals surface area contributed by atoms with E-state index >= 15 is 0 Å². The fraction of sp³-hybridized carbons (Fsp3) is 0.250. The summed E-state index contributed by atoms with van der Waals surface area (Å²) in [6, 6.07) is 3.37. The Balaban J connectivity index is 2.34. The second-order valence-electron chi connectivity index (χ2n) is 3.81. The molecule has 0 aliphatic carbocycles. The lowest BCUT2D eigenvalue weighted by atomic mass is 10.1. The minimum Gasteiger partial charge on any atom is -0.496 e. The lowest BCUT2D eigenvalue weighted by Gasteiger charge is -2.12. The van der Waals surface area contributed by atoms with Crippen molar-refractivity contribution in [3.8, 4) is 11.5 Å². The van der Waals surface area contributed by atoms with E-state index in [1.54, 1.807) is 19.2 Å². The fourth-order valence-corrected chi connectivity index (χ4v) is 1.67. The molecule has 0 spiro atoms. The van der Waals surface area contributed by atoms with Gasteiger partial charge in [0.2, 0.25) is 5.95 Å². The number of methoxy groups -OCH3 is 2. The molecule has 0 atom stereocenters. The quantitative estimate of drug-likeness (QED) is 0.869. The zero-order valence-corrected chi connectivity index (χ0v) is 10.9. The number of aromatic amines is 1. The van der Waals surface area contributed by atoms with E-state index < -0.39 is 0 Å². The standard InChI is InChI=1S/C12H14N4O3/c1-7-4-10(19-3)8(5-9(7)18-2)11(17)15-12-13-6-14-16-12/h4-6H,1-3H3,(H2,13,14,15,16,17). The highest BCUT2D eigenvalue weighted by Gasteiger charge is 2.16. The number of benzene rings is 1. The Bertz CT molecular complexity index is 581. The average Bonchev–Trinajstić information content (AvgIpc) is 2.91. The van der Waals surface area contributed by atoms with Crippen LogP contribution < -0.4 is 14.8 Å². The third kappa shape index (κ3) is 2.65. The Morgan fingerprint density at radius 1 is 1.26 bits per heavy atom. The Morgan fingerprint density at radius 2 is 2.00 bits per heavy atom. The van der Waals surface area contributed by atoms with Gasteiger partial charge in [-0.15, -0.1) is 0 Å². The van der Waals surface area contributed by atoms with Gasteiger partial charge in [0.25, 0.3) is 5.91 Å². The number of hydrogen-bond acceptors (Lipinski definition) is 5. The van der Waals surface area contributed by atoms with Crippen molar-refractivity contribution in [2.24, 2.45) is 0 Å². The van der Waals surface area contributed by atoms with E-state index in [0.717, 1.165) is 5.56 Å². The number of carbonyl (C=O) groups is 1. The average molecular weight is 262 g/mol. The first-order chi connectivity index (χ1) is 9.15. The lowest BCUT2D eigenvalue weighted by molar-refractivity contribution is 0.102. The number of carbonyl (C=O) groups excluding carboxylic acids is 1. The molecule has 0 saturated heterocycles. The number of hydrogen-bond donors (Lipinski definition) is 2. The van der Waals surface area contributed by atoms with Crippen LogP contribution in [0.1, 0.15) is 15.9 Å². The van der Waals surface area contributed by atoms with Crippen molar-refractivity contribution in [3.05, 3.63) is 29.6 Å². The molecular formula is C12H14N4O3. The summed E-state index contributed by atoms with van der Waals surface area (Å²) in [6.45, 7) is 1.87. The van der Waals surface area contributed by atoms with Crippen molar-refractivity contribution in [1.29, 1.82) is 0 Å². The highest BCUT2D eigenvalue weighted by atomic mass is 16.5. The van der Waals surface area contributed by atoms with Gasteiger partial charge in [-0.25, -0.2) is 5.10 Å². The van der Waals surface area contributed by atoms with Gasteiger partial charge in [-0.1, -0.05) is 0 Å². The van der Waals surface area contributed by atoms with Crippen LogP contribution in [-0.4, -0.2) is 35.3 Å². The molecule has 19 heavy (non-hydrogen) atoms. The van der Waals surface area contributed by atoms with Crippen molar-refractivity contribution in [2.75, 3.05) is 19.5 Å². The summed E-state index contributed by atoms with van der Waals surface area (Å²) in [5.41, 5.74) is 1.25. The lowest BCUT2D eigenvalue weighted by Crippen LogP contribution is -2.14. The second kappa shape index (κ2) is 5.38. The van der Waals surface area contributed by atoms with Crippen molar-refractivity contribution >= 4 is 11.9 Å². The SMILES string of the molecule is COc1cc(C(=O)Nc2ncn[nH]2)c(OC)cc1C. The summed E-state index contributed by atoms with van der Waals surface area (Å²) in [7, 11) is 3.05. The third-order valence-electron chi connectivity index (χ3n) is 2.61. The third-order valence-corrected chi connectivity index (χ3v) is 2.61. The number of amides is 1. The van der Waals surface area contributed by atoms with Gasteiger partial charge in [0.05, 0.1) is 19.8 Å². The molecule has 0 unspecified atom stereocenters. The topological polar surface area (TPSA) is 89.1 Å². The molecule has 0 saturated carbocycles. The van der Waals surface area contributed by atoms with Crippen LogP contribution >= 0.6 is 0 Å². The predicted octanol–water partition coefficient (Wildman–Crippen LogP) is 1.38. The van der Waals surface area contributed by atoms with Crippen LogP contribution in [0.25, 0.3) is 0 Å². The van der Waals surface area contributed by atoms with Crippen LogP contribution in [0.2, 0.25) is 0 Å². The van der Waals surface area contributed by atoms with Gasteiger partial charge in [-0.2, -0.15) is 10.1 Å². The minimum atomic E-state index is -0.355. The molecule has 2 N–H and O–H groups in total. The Hall–Kier alpha value is -2.57. The van der Waals surface area contributed by atoms with Crippen LogP contribution in [0.15, 0.2) is 18.5 Å². The summed E-state index contributed by atoms with van der Waals surface area (Å²) in [5.74, 6) is 0.998. The maximum absolute atomic E-state index is 12.1. The molecule has 1 aromatic carbocycles. The van der Waals surface area contributed by atoms with Gasteiger partial charge in [0, 0.05) is 0 Å². The fourth-order valence-electron chi connectivity index (χ4n) is 1.67. The van der Waals surface area contributed by atoms with Crippen molar-refractivity contribution < 1.29 is 14.3 Å². The number of anilines is 1. The van der Waals surface area contributed by atoms with Crippen molar-refractivity contribution in [1.82, 2.24) is 15.2 Å². The summed E-state index contributed by atoms with van der Waals surface area (Å²) in [5, 5.41) is 8.78. The van der Waals surface area contributed by atoms with Gasteiger partial charge >= 0.3 is 0 Å². The molecule has 0 bridgehead atoms. The van der Waals surface area contributed by atoms with Crippen LogP contribution in [0.3, 0.4) is 0 Å². The summed E-state index contributed by atoms with van der Waals surface area (Å²) in [4.78, 5) is 16.0. The summed E-state index contributed by atoms with van der Waals surface area (Å²) < 4.78 is 10.4. The van der Waals surface area contributed by atoms with Crippen LogP contribution in [0.5, 0.6) is 11.5 Å². The van der Waals surface area contributed by atoms with Gasteiger partial charge in [0.15, 0.2) is 0 Å². The molecule has 0 aliphatic rings. The molecule has 1 heterocycles. The first-order valence-electron chi connectivity index (χ1n) is 5.55.